The summed E-state index contributed by atoms with van der Waals surface area (Å²) in [6, 6.07) is 7.45. The zero-order chi connectivity index (χ0) is 13.8. The predicted molar refractivity (Wildman–Crippen MR) is 82.3 cm³/mol. The van der Waals surface area contributed by atoms with Crippen molar-refractivity contribution in [3.63, 3.8) is 0 Å². The van der Waals surface area contributed by atoms with Crippen LogP contribution in [-0.4, -0.2) is 40.3 Å². The van der Waals surface area contributed by atoms with Gasteiger partial charge in [0.15, 0.2) is 0 Å². The molecule has 0 saturated carbocycles. The van der Waals surface area contributed by atoms with Gasteiger partial charge >= 0.3 is 0 Å². The highest BCUT2D eigenvalue weighted by molar-refractivity contribution is 5.85. The third-order valence-corrected chi connectivity index (χ3v) is 2.84. The van der Waals surface area contributed by atoms with Gasteiger partial charge < -0.3 is 4.90 Å². The van der Waals surface area contributed by atoms with Crippen LogP contribution in [0.3, 0.4) is 0 Å². The van der Waals surface area contributed by atoms with Gasteiger partial charge in [-0.05, 0) is 39.2 Å². The number of hydrogen-bond acceptors (Lipinski definition) is 4. The number of likely N-dealkylation sites (N-methyl/N-ethyl adjacent to an activating group) is 1. The fourth-order valence-electron chi connectivity index (χ4n) is 1.76. The number of hydrogen-bond donors (Lipinski definition) is 0. The molecule has 0 spiro atoms. The maximum atomic E-state index is 12.0. The van der Waals surface area contributed by atoms with Crippen molar-refractivity contribution in [1.82, 2.24) is 19.7 Å². The summed E-state index contributed by atoms with van der Waals surface area (Å²) in [7, 11) is 3.95. The van der Waals surface area contributed by atoms with E-state index in [0.29, 0.717) is 12.1 Å². The summed E-state index contributed by atoms with van der Waals surface area (Å²) in [5.41, 5.74) is 2.16. The largest absolute Gasteiger partial charge is 0.308 e. The fourth-order valence-corrected chi connectivity index (χ4v) is 1.76. The van der Waals surface area contributed by atoms with Crippen LogP contribution in [0.2, 0.25) is 0 Å². The molecule has 0 saturated heterocycles. The summed E-state index contributed by atoms with van der Waals surface area (Å²) >= 11 is 0. The molecule has 2 aromatic rings. The standard InChI is InChI=1S/C14H18N4O.ClH/c1-11-10-13(12-6-4-5-7-15-12)16-18(14(11)19)9-8-17(2)3;/h4-7,10H,8-9H2,1-3H3;1H. The number of halogens is 1. The minimum absolute atomic E-state index is 0. The van der Waals surface area contributed by atoms with Crippen molar-refractivity contribution < 1.29 is 0 Å². The van der Waals surface area contributed by atoms with Crippen LogP contribution >= 0.6 is 12.4 Å². The lowest BCUT2D eigenvalue weighted by Gasteiger charge is -2.12. The summed E-state index contributed by atoms with van der Waals surface area (Å²) in [4.78, 5) is 18.3. The topological polar surface area (TPSA) is 51.0 Å². The highest BCUT2D eigenvalue weighted by atomic mass is 35.5. The van der Waals surface area contributed by atoms with Crippen molar-refractivity contribution in [2.75, 3.05) is 20.6 Å². The second kappa shape index (κ2) is 7.17. The van der Waals surface area contributed by atoms with Gasteiger partial charge in [0.1, 0.15) is 5.69 Å². The number of aromatic nitrogens is 3. The van der Waals surface area contributed by atoms with Gasteiger partial charge in [0.05, 0.1) is 12.2 Å². The van der Waals surface area contributed by atoms with Crippen molar-refractivity contribution in [3.8, 4) is 11.4 Å². The SMILES string of the molecule is Cc1cc(-c2ccccn2)nn(CCN(C)C)c1=O.Cl. The lowest BCUT2D eigenvalue weighted by Crippen LogP contribution is -2.30. The minimum atomic E-state index is -0.0402. The molecule has 0 fully saturated rings. The average Bonchev–Trinajstić information content (AvgIpc) is 2.41. The molecule has 6 heteroatoms. The molecule has 0 aliphatic heterocycles. The smallest absolute Gasteiger partial charge is 0.269 e. The summed E-state index contributed by atoms with van der Waals surface area (Å²) in [5, 5.41) is 4.39. The molecule has 108 valence electrons. The Bertz CT molecular complexity index is 610. The maximum absolute atomic E-state index is 12.0. The molecule has 0 N–H and O–H groups in total. The van der Waals surface area contributed by atoms with E-state index in [1.807, 2.05) is 44.1 Å². The molecule has 0 amide bonds. The van der Waals surface area contributed by atoms with Crippen molar-refractivity contribution in [2.45, 2.75) is 13.5 Å². The molecule has 2 heterocycles. The van der Waals surface area contributed by atoms with Crippen LogP contribution in [0, 0.1) is 6.92 Å². The number of pyridine rings is 1. The van der Waals surface area contributed by atoms with E-state index >= 15 is 0 Å². The normalized spacial score (nSPS) is 10.4. The van der Waals surface area contributed by atoms with Crippen molar-refractivity contribution in [3.05, 3.63) is 46.4 Å². The number of rotatable bonds is 4. The summed E-state index contributed by atoms with van der Waals surface area (Å²) in [6.45, 7) is 3.16. The highest BCUT2D eigenvalue weighted by Gasteiger charge is 2.07. The van der Waals surface area contributed by atoms with Gasteiger partial charge in [-0.2, -0.15) is 5.10 Å². The van der Waals surface area contributed by atoms with E-state index in [2.05, 4.69) is 10.1 Å². The van der Waals surface area contributed by atoms with Crippen molar-refractivity contribution >= 4 is 12.4 Å². The molecular weight excluding hydrogens is 276 g/mol. The molecule has 2 aromatic heterocycles. The van der Waals surface area contributed by atoms with Crippen LogP contribution < -0.4 is 5.56 Å². The second-order valence-electron chi connectivity index (χ2n) is 4.76. The molecule has 0 unspecified atom stereocenters. The number of nitrogens with zero attached hydrogens (tertiary/aromatic N) is 4. The quantitative estimate of drug-likeness (QED) is 0.859. The fraction of sp³-hybridized carbons (Fsp3) is 0.357. The molecule has 5 nitrogen and oxygen atoms in total. The molecule has 0 aromatic carbocycles. The first-order valence-corrected chi connectivity index (χ1v) is 6.23. The predicted octanol–water partition coefficient (Wildman–Crippen LogP) is 1.60. The summed E-state index contributed by atoms with van der Waals surface area (Å²) in [6.07, 6.45) is 1.72. The van der Waals surface area contributed by atoms with E-state index in [1.54, 1.807) is 12.3 Å². The highest BCUT2D eigenvalue weighted by Crippen LogP contribution is 2.12. The third-order valence-electron chi connectivity index (χ3n) is 2.84. The zero-order valence-electron chi connectivity index (χ0n) is 11.9. The molecule has 2 rings (SSSR count). The monoisotopic (exact) mass is 294 g/mol. The van der Waals surface area contributed by atoms with Crippen LogP contribution in [0.5, 0.6) is 0 Å². The van der Waals surface area contributed by atoms with Gasteiger partial charge in [-0.1, -0.05) is 6.07 Å². The van der Waals surface area contributed by atoms with E-state index in [-0.39, 0.29) is 18.0 Å². The first kappa shape index (κ1) is 16.3. The van der Waals surface area contributed by atoms with Gasteiger partial charge in [-0.25, -0.2) is 4.68 Å². The molecule has 20 heavy (non-hydrogen) atoms. The lowest BCUT2D eigenvalue weighted by molar-refractivity contribution is 0.367. The van der Waals surface area contributed by atoms with Crippen molar-refractivity contribution in [1.29, 1.82) is 0 Å². The Morgan fingerprint density at radius 2 is 2.00 bits per heavy atom. The second-order valence-corrected chi connectivity index (χ2v) is 4.76. The van der Waals surface area contributed by atoms with Crippen LogP contribution in [0.15, 0.2) is 35.3 Å². The minimum Gasteiger partial charge on any atom is -0.308 e. The van der Waals surface area contributed by atoms with Gasteiger partial charge in [0.25, 0.3) is 5.56 Å². The van der Waals surface area contributed by atoms with Gasteiger partial charge in [-0.15, -0.1) is 12.4 Å². The third kappa shape index (κ3) is 3.88. The van der Waals surface area contributed by atoms with E-state index < -0.39 is 0 Å². The molecule has 0 aliphatic carbocycles. The Balaban J connectivity index is 0.00000200. The Hall–Kier alpha value is -1.72. The Labute approximate surface area is 124 Å². The summed E-state index contributed by atoms with van der Waals surface area (Å²) in [5.74, 6) is 0. The molecular formula is C14H19ClN4O. The molecule has 0 bridgehead atoms. The van der Waals surface area contributed by atoms with Crippen LogP contribution in [0.1, 0.15) is 5.56 Å². The Morgan fingerprint density at radius 1 is 1.25 bits per heavy atom. The van der Waals surface area contributed by atoms with E-state index in [1.165, 1.54) is 4.68 Å². The van der Waals surface area contributed by atoms with E-state index in [0.717, 1.165) is 17.9 Å². The maximum Gasteiger partial charge on any atom is 0.269 e. The molecule has 0 atom stereocenters. The molecule has 0 aliphatic rings. The first-order chi connectivity index (χ1) is 9.08. The summed E-state index contributed by atoms with van der Waals surface area (Å²) < 4.78 is 1.51. The van der Waals surface area contributed by atoms with Crippen molar-refractivity contribution in [2.24, 2.45) is 0 Å². The van der Waals surface area contributed by atoms with E-state index in [9.17, 15) is 4.79 Å². The van der Waals surface area contributed by atoms with Crippen LogP contribution in [-0.2, 0) is 6.54 Å². The van der Waals surface area contributed by atoms with Crippen LogP contribution in [0.4, 0.5) is 0 Å². The first-order valence-electron chi connectivity index (χ1n) is 6.23. The Morgan fingerprint density at radius 3 is 2.60 bits per heavy atom. The van der Waals surface area contributed by atoms with E-state index in [4.69, 9.17) is 0 Å². The van der Waals surface area contributed by atoms with Crippen LogP contribution in [0.25, 0.3) is 11.4 Å². The average molecular weight is 295 g/mol. The van der Waals surface area contributed by atoms with Gasteiger partial charge in [0.2, 0.25) is 0 Å². The Kier molecular flexibility index (Phi) is 5.85. The number of aryl methyl sites for hydroxylation is 1. The zero-order valence-corrected chi connectivity index (χ0v) is 12.7. The van der Waals surface area contributed by atoms with Gasteiger partial charge in [-0.3, -0.25) is 9.78 Å². The van der Waals surface area contributed by atoms with Gasteiger partial charge in [0, 0.05) is 18.3 Å². The lowest BCUT2D eigenvalue weighted by atomic mass is 10.2. The molecule has 0 radical (unpaired) electrons.